The number of carbonyl (C=O) groups is 2. The van der Waals surface area contributed by atoms with Crippen molar-refractivity contribution in [3.63, 3.8) is 0 Å². The van der Waals surface area contributed by atoms with Crippen molar-refractivity contribution in [3.8, 4) is 0 Å². The second kappa shape index (κ2) is 5.46. The van der Waals surface area contributed by atoms with Crippen LogP contribution in [0, 0.1) is 17.8 Å². The Hall–Kier alpha value is -1.66. The van der Waals surface area contributed by atoms with E-state index in [1.165, 1.54) is 6.92 Å². The van der Waals surface area contributed by atoms with Gasteiger partial charge in [0.25, 0.3) is 0 Å². The fourth-order valence-corrected chi connectivity index (χ4v) is 4.89. The maximum absolute atomic E-state index is 11.8. The molecule has 0 spiro atoms. The number of hydrogen-bond donors (Lipinski definition) is 2. The van der Waals surface area contributed by atoms with E-state index in [1.54, 1.807) is 6.08 Å². The number of aliphatic hydroxyl groups is 2. The molecule has 0 amide bonds. The van der Waals surface area contributed by atoms with Crippen LogP contribution in [0.5, 0.6) is 0 Å². The minimum absolute atomic E-state index is 0.0879. The van der Waals surface area contributed by atoms with Crippen LogP contribution < -0.4 is 0 Å². The molecule has 0 saturated heterocycles. The van der Waals surface area contributed by atoms with Gasteiger partial charge in [0.15, 0.2) is 0 Å². The van der Waals surface area contributed by atoms with Crippen LogP contribution >= 0.6 is 0 Å². The van der Waals surface area contributed by atoms with Gasteiger partial charge in [0.2, 0.25) is 0 Å². The Balaban J connectivity index is 1.73. The third kappa shape index (κ3) is 2.32. The lowest BCUT2D eigenvalue weighted by molar-refractivity contribution is -0.251. The first-order valence-electron chi connectivity index (χ1n) is 8.00. The smallest absolute Gasteiger partial charge is 0.381 e. The van der Waals surface area contributed by atoms with Gasteiger partial charge in [0, 0.05) is 17.6 Å². The zero-order valence-electron chi connectivity index (χ0n) is 13.2. The molecule has 0 radical (unpaired) electrons. The third-order valence-corrected chi connectivity index (χ3v) is 5.90. The van der Waals surface area contributed by atoms with Crippen LogP contribution in [0.1, 0.15) is 39.0 Å². The van der Waals surface area contributed by atoms with Crippen molar-refractivity contribution in [2.45, 2.75) is 50.2 Å². The van der Waals surface area contributed by atoms with E-state index in [0.29, 0.717) is 18.8 Å². The normalized spacial score (nSPS) is 41.5. The summed E-state index contributed by atoms with van der Waals surface area (Å²) in [6.45, 7) is 4.74. The van der Waals surface area contributed by atoms with Gasteiger partial charge in [0.05, 0.1) is 5.60 Å². The molecule has 2 N–H and O–H groups in total. The molecule has 6 heteroatoms. The van der Waals surface area contributed by atoms with Crippen molar-refractivity contribution < 1.29 is 29.6 Å². The summed E-state index contributed by atoms with van der Waals surface area (Å²) < 4.78 is 0. The van der Waals surface area contributed by atoms with Crippen LogP contribution in [0.3, 0.4) is 0 Å². The molecule has 0 aromatic rings. The summed E-state index contributed by atoms with van der Waals surface area (Å²) >= 11 is 0. The highest BCUT2D eigenvalue weighted by atomic mass is 17.2. The summed E-state index contributed by atoms with van der Waals surface area (Å²) in [5, 5.41) is 22.0. The van der Waals surface area contributed by atoms with E-state index in [4.69, 9.17) is 0 Å². The Morgan fingerprint density at radius 1 is 1.22 bits per heavy atom. The highest BCUT2D eigenvalue weighted by molar-refractivity contribution is 5.88. The lowest BCUT2D eigenvalue weighted by atomic mass is 9.70. The fraction of sp³-hybridized carbons (Fsp3) is 0.647. The van der Waals surface area contributed by atoms with Gasteiger partial charge < -0.3 is 10.2 Å². The van der Waals surface area contributed by atoms with Crippen LogP contribution in [0.2, 0.25) is 0 Å². The van der Waals surface area contributed by atoms with Crippen molar-refractivity contribution in [1.29, 1.82) is 0 Å². The Bertz CT molecular complexity index is 582. The second-order valence-corrected chi connectivity index (χ2v) is 6.98. The fourth-order valence-electron chi connectivity index (χ4n) is 4.89. The van der Waals surface area contributed by atoms with Crippen molar-refractivity contribution >= 4 is 11.9 Å². The van der Waals surface area contributed by atoms with Gasteiger partial charge in [-0.2, -0.15) is 0 Å². The highest BCUT2D eigenvalue weighted by Gasteiger charge is 2.70. The lowest BCUT2D eigenvalue weighted by Gasteiger charge is -2.43. The molecular weight excluding hydrogens is 300 g/mol. The average Bonchev–Trinajstić information content (AvgIpc) is 3.13. The lowest BCUT2D eigenvalue weighted by Crippen LogP contribution is -2.56. The maximum Gasteiger partial charge on any atom is 0.381 e. The first-order chi connectivity index (χ1) is 10.8. The molecule has 3 saturated carbocycles. The first kappa shape index (κ1) is 16.2. The second-order valence-electron chi connectivity index (χ2n) is 6.98. The standard InChI is InChI=1S/C17H22O6/c1-3-14(18)22-23-15(19)10(2)8-12-4-5-13-11-6-7-16(20,9-11)17(12,13)21/h3,8,11-13,20-21H,1,4-7,9H2,2H3/b10-8+. The minimum atomic E-state index is -1.17. The van der Waals surface area contributed by atoms with E-state index >= 15 is 0 Å². The van der Waals surface area contributed by atoms with Crippen LogP contribution in [0.15, 0.2) is 24.3 Å². The molecule has 3 aliphatic carbocycles. The molecule has 0 heterocycles. The monoisotopic (exact) mass is 322 g/mol. The Kier molecular flexibility index (Phi) is 3.84. The van der Waals surface area contributed by atoms with Gasteiger partial charge >= 0.3 is 11.9 Å². The van der Waals surface area contributed by atoms with E-state index in [1.807, 2.05) is 0 Å². The predicted molar refractivity (Wildman–Crippen MR) is 79.6 cm³/mol. The van der Waals surface area contributed by atoms with Crippen LogP contribution in [-0.4, -0.2) is 33.4 Å². The Morgan fingerprint density at radius 2 is 1.96 bits per heavy atom. The zero-order valence-corrected chi connectivity index (χ0v) is 13.2. The van der Waals surface area contributed by atoms with Crippen molar-refractivity contribution in [1.82, 2.24) is 0 Å². The van der Waals surface area contributed by atoms with Crippen LogP contribution in [0.25, 0.3) is 0 Å². The molecule has 0 aliphatic heterocycles. The quantitative estimate of drug-likeness (QED) is 0.464. The molecule has 0 aromatic carbocycles. The summed E-state index contributed by atoms with van der Waals surface area (Å²) in [6, 6.07) is 0. The largest absolute Gasteiger partial charge is 0.387 e. The summed E-state index contributed by atoms with van der Waals surface area (Å²) in [5.41, 5.74) is -1.98. The number of rotatable bonds is 3. The van der Waals surface area contributed by atoms with Crippen LogP contribution in [0.4, 0.5) is 0 Å². The number of fused-ring (bicyclic) bond motifs is 5. The van der Waals surface area contributed by atoms with Gasteiger partial charge in [-0.05, 0) is 50.9 Å². The Morgan fingerprint density at radius 3 is 2.65 bits per heavy atom. The van der Waals surface area contributed by atoms with Gasteiger partial charge in [-0.25, -0.2) is 19.4 Å². The topological polar surface area (TPSA) is 93.1 Å². The van der Waals surface area contributed by atoms with Gasteiger partial charge in [-0.1, -0.05) is 12.7 Å². The summed E-state index contributed by atoms with van der Waals surface area (Å²) in [6.07, 6.45) is 6.30. The van der Waals surface area contributed by atoms with E-state index in [9.17, 15) is 19.8 Å². The van der Waals surface area contributed by atoms with Gasteiger partial charge in [0.1, 0.15) is 5.60 Å². The van der Waals surface area contributed by atoms with Gasteiger partial charge in [-0.15, -0.1) is 0 Å². The van der Waals surface area contributed by atoms with Crippen molar-refractivity contribution in [2.24, 2.45) is 17.8 Å². The Labute approximate surface area is 134 Å². The molecule has 3 aliphatic rings. The SMILES string of the molecule is C=CC(=O)OOC(=O)/C(C)=C/C1CCC2C3CCC(O)(C3)C12O. The summed E-state index contributed by atoms with van der Waals surface area (Å²) in [7, 11) is 0. The van der Waals surface area contributed by atoms with Crippen LogP contribution in [-0.2, 0) is 19.4 Å². The molecule has 126 valence electrons. The minimum Gasteiger partial charge on any atom is -0.387 e. The first-order valence-corrected chi connectivity index (χ1v) is 8.00. The van der Waals surface area contributed by atoms with E-state index in [0.717, 1.165) is 25.3 Å². The molecule has 6 nitrogen and oxygen atoms in total. The maximum atomic E-state index is 11.8. The predicted octanol–water partition coefficient (Wildman–Crippen LogP) is 1.42. The molecule has 5 unspecified atom stereocenters. The third-order valence-electron chi connectivity index (χ3n) is 5.90. The average molecular weight is 322 g/mol. The molecule has 0 aromatic heterocycles. The molecule has 3 rings (SSSR count). The molecular formula is C17H22O6. The van der Waals surface area contributed by atoms with Crippen molar-refractivity contribution in [2.75, 3.05) is 0 Å². The molecule has 5 atom stereocenters. The molecule has 2 bridgehead atoms. The zero-order chi connectivity index (χ0) is 16.8. The molecule has 23 heavy (non-hydrogen) atoms. The van der Waals surface area contributed by atoms with Gasteiger partial charge in [-0.3, -0.25) is 0 Å². The van der Waals surface area contributed by atoms with E-state index in [2.05, 4.69) is 16.4 Å². The summed E-state index contributed by atoms with van der Waals surface area (Å²) in [4.78, 5) is 31.4. The molecule has 3 fully saturated rings. The van der Waals surface area contributed by atoms with E-state index in [-0.39, 0.29) is 17.4 Å². The summed E-state index contributed by atoms with van der Waals surface area (Å²) in [5.74, 6) is -1.49. The highest BCUT2D eigenvalue weighted by Crippen LogP contribution is 2.65. The number of hydrogen-bond acceptors (Lipinski definition) is 6. The van der Waals surface area contributed by atoms with Crippen molar-refractivity contribution in [3.05, 3.63) is 24.3 Å². The van der Waals surface area contributed by atoms with E-state index < -0.39 is 23.1 Å². The number of carbonyl (C=O) groups excluding carboxylic acids is 2.